The minimum absolute atomic E-state index is 0.287. The van der Waals surface area contributed by atoms with Crippen LogP contribution in [0.3, 0.4) is 0 Å². The van der Waals surface area contributed by atoms with Crippen molar-refractivity contribution in [3.05, 3.63) is 23.8 Å². The number of anilines is 2. The van der Waals surface area contributed by atoms with E-state index in [1.807, 2.05) is 25.1 Å². The molecular weight excluding hydrogens is 192 g/mol. The Morgan fingerprint density at radius 1 is 1.47 bits per heavy atom. The van der Waals surface area contributed by atoms with Crippen LogP contribution < -0.4 is 10.6 Å². The number of nitrogens with two attached hydrogens (primary N) is 1. The van der Waals surface area contributed by atoms with Crippen molar-refractivity contribution >= 4 is 17.5 Å². The van der Waals surface area contributed by atoms with Gasteiger partial charge in [-0.15, -0.1) is 0 Å². The van der Waals surface area contributed by atoms with Crippen molar-refractivity contribution in [2.45, 2.75) is 13.3 Å². The number of rotatable bonds is 1. The zero-order chi connectivity index (χ0) is 10.8. The fourth-order valence-corrected chi connectivity index (χ4v) is 1.58. The normalized spacial score (nSPS) is 16.3. The van der Waals surface area contributed by atoms with Crippen LogP contribution in [0.15, 0.2) is 18.2 Å². The van der Waals surface area contributed by atoms with Gasteiger partial charge in [0, 0.05) is 17.9 Å². The molecule has 1 saturated heterocycles. The Kier molecular flexibility index (Phi) is 2.49. The molecule has 1 aliphatic heterocycles. The maximum atomic E-state index is 11.5. The quantitative estimate of drug-likeness (QED) is 0.714. The van der Waals surface area contributed by atoms with Gasteiger partial charge in [-0.2, -0.15) is 0 Å². The number of carbonyl (C=O) groups is 1. The van der Waals surface area contributed by atoms with Gasteiger partial charge in [0.25, 0.3) is 0 Å². The van der Waals surface area contributed by atoms with E-state index in [1.165, 1.54) is 0 Å². The maximum absolute atomic E-state index is 11.5. The molecule has 1 heterocycles. The highest BCUT2D eigenvalue weighted by atomic mass is 16.6. The van der Waals surface area contributed by atoms with Crippen molar-refractivity contribution in [3.8, 4) is 0 Å². The van der Waals surface area contributed by atoms with Crippen LogP contribution in [0.4, 0.5) is 16.2 Å². The summed E-state index contributed by atoms with van der Waals surface area (Å²) >= 11 is 0. The summed E-state index contributed by atoms with van der Waals surface area (Å²) in [7, 11) is 0. The van der Waals surface area contributed by atoms with Gasteiger partial charge in [0.05, 0.1) is 6.61 Å². The summed E-state index contributed by atoms with van der Waals surface area (Å²) in [5.41, 5.74) is 8.32. The number of ether oxygens (including phenoxy) is 1. The van der Waals surface area contributed by atoms with E-state index in [0.717, 1.165) is 17.7 Å². The molecule has 1 aromatic rings. The van der Waals surface area contributed by atoms with Gasteiger partial charge >= 0.3 is 6.09 Å². The second-order valence-electron chi connectivity index (χ2n) is 3.66. The third-order valence-corrected chi connectivity index (χ3v) is 2.55. The Labute approximate surface area is 88.6 Å². The molecule has 0 aromatic heterocycles. The lowest BCUT2D eigenvalue weighted by Gasteiger charge is -2.26. The molecule has 2 N–H and O–H groups in total. The largest absolute Gasteiger partial charge is 0.449 e. The van der Waals surface area contributed by atoms with Crippen molar-refractivity contribution in [1.29, 1.82) is 0 Å². The fourth-order valence-electron chi connectivity index (χ4n) is 1.58. The number of benzene rings is 1. The molecule has 4 heteroatoms. The molecule has 1 amide bonds. The van der Waals surface area contributed by atoms with Gasteiger partial charge in [-0.25, -0.2) is 4.79 Å². The van der Waals surface area contributed by atoms with Gasteiger partial charge < -0.3 is 10.5 Å². The molecule has 0 bridgehead atoms. The Balaban J connectivity index is 2.28. The summed E-state index contributed by atoms with van der Waals surface area (Å²) in [4.78, 5) is 13.1. The monoisotopic (exact) mass is 206 g/mol. The molecule has 1 fully saturated rings. The smallest absolute Gasteiger partial charge is 0.414 e. The van der Waals surface area contributed by atoms with Crippen molar-refractivity contribution in [1.82, 2.24) is 0 Å². The van der Waals surface area contributed by atoms with Crippen LogP contribution in [0.1, 0.15) is 12.0 Å². The first-order valence-corrected chi connectivity index (χ1v) is 4.99. The fraction of sp³-hybridized carbons (Fsp3) is 0.364. The van der Waals surface area contributed by atoms with Crippen molar-refractivity contribution in [2.75, 3.05) is 23.8 Å². The SMILES string of the molecule is Cc1ccc(N2CCCOC2=O)cc1N. The van der Waals surface area contributed by atoms with Gasteiger partial charge in [-0.3, -0.25) is 4.90 Å². The van der Waals surface area contributed by atoms with E-state index in [0.29, 0.717) is 18.8 Å². The van der Waals surface area contributed by atoms with E-state index >= 15 is 0 Å². The predicted molar refractivity (Wildman–Crippen MR) is 58.9 cm³/mol. The molecule has 0 radical (unpaired) electrons. The summed E-state index contributed by atoms with van der Waals surface area (Å²) < 4.78 is 4.96. The van der Waals surface area contributed by atoms with Gasteiger partial charge in [0.15, 0.2) is 0 Å². The minimum Gasteiger partial charge on any atom is -0.449 e. The van der Waals surface area contributed by atoms with Gasteiger partial charge in [0.2, 0.25) is 0 Å². The third kappa shape index (κ3) is 1.88. The first kappa shape index (κ1) is 9.83. The number of aryl methyl sites for hydroxylation is 1. The summed E-state index contributed by atoms with van der Waals surface area (Å²) in [6.45, 7) is 3.14. The summed E-state index contributed by atoms with van der Waals surface area (Å²) in [6, 6.07) is 5.60. The highest BCUT2D eigenvalue weighted by Crippen LogP contribution is 2.23. The molecule has 1 aromatic carbocycles. The molecule has 2 rings (SSSR count). The summed E-state index contributed by atoms with van der Waals surface area (Å²) in [5, 5.41) is 0. The lowest BCUT2D eigenvalue weighted by atomic mass is 10.1. The zero-order valence-electron chi connectivity index (χ0n) is 8.69. The average molecular weight is 206 g/mol. The van der Waals surface area contributed by atoms with Gasteiger partial charge in [-0.05, 0) is 31.0 Å². The second kappa shape index (κ2) is 3.81. The van der Waals surface area contributed by atoms with E-state index in [9.17, 15) is 4.79 Å². The number of hydrogen-bond acceptors (Lipinski definition) is 3. The Bertz CT molecular complexity index is 390. The van der Waals surface area contributed by atoms with Crippen LogP contribution >= 0.6 is 0 Å². The predicted octanol–water partition coefficient (Wildman–Crippen LogP) is 1.92. The van der Waals surface area contributed by atoms with Crippen molar-refractivity contribution in [2.24, 2.45) is 0 Å². The van der Waals surface area contributed by atoms with E-state index in [-0.39, 0.29) is 6.09 Å². The van der Waals surface area contributed by atoms with E-state index < -0.39 is 0 Å². The van der Waals surface area contributed by atoms with Crippen LogP contribution in [-0.2, 0) is 4.74 Å². The number of amides is 1. The molecule has 0 aliphatic carbocycles. The molecule has 0 spiro atoms. The number of nitrogen functional groups attached to an aromatic ring is 1. The van der Waals surface area contributed by atoms with E-state index in [2.05, 4.69) is 0 Å². The van der Waals surface area contributed by atoms with Crippen LogP contribution in [0.2, 0.25) is 0 Å². The lowest BCUT2D eigenvalue weighted by molar-refractivity contribution is 0.140. The van der Waals surface area contributed by atoms with E-state index in [4.69, 9.17) is 10.5 Å². The van der Waals surface area contributed by atoms with Gasteiger partial charge in [-0.1, -0.05) is 6.07 Å². The second-order valence-corrected chi connectivity index (χ2v) is 3.66. The molecule has 0 saturated carbocycles. The molecule has 0 atom stereocenters. The summed E-state index contributed by atoms with van der Waals surface area (Å²) in [6.07, 6.45) is 0.573. The highest BCUT2D eigenvalue weighted by Gasteiger charge is 2.21. The number of hydrogen-bond donors (Lipinski definition) is 1. The number of carbonyl (C=O) groups excluding carboxylic acids is 1. The molecular formula is C11H14N2O2. The molecule has 80 valence electrons. The lowest BCUT2D eigenvalue weighted by Crippen LogP contribution is -2.37. The molecule has 15 heavy (non-hydrogen) atoms. The minimum atomic E-state index is -0.287. The van der Waals surface area contributed by atoms with Crippen LogP contribution in [0.5, 0.6) is 0 Å². The number of nitrogens with zero attached hydrogens (tertiary/aromatic N) is 1. The maximum Gasteiger partial charge on any atom is 0.414 e. The average Bonchev–Trinajstić information content (AvgIpc) is 2.23. The highest BCUT2D eigenvalue weighted by molar-refractivity contribution is 5.88. The Morgan fingerprint density at radius 3 is 2.93 bits per heavy atom. The van der Waals surface area contributed by atoms with E-state index in [1.54, 1.807) is 4.90 Å². The third-order valence-electron chi connectivity index (χ3n) is 2.55. The molecule has 4 nitrogen and oxygen atoms in total. The van der Waals surface area contributed by atoms with Crippen molar-refractivity contribution < 1.29 is 9.53 Å². The Hall–Kier alpha value is -1.71. The molecule has 1 aliphatic rings. The summed E-state index contributed by atoms with van der Waals surface area (Å²) in [5.74, 6) is 0. The standard InChI is InChI=1S/C11H14N2O2/c1-8-3-4-9(7-10(8)12)13-5-2-6-15-11(13)14/h3-4,7H,2,5-6,12H2,1H3. The Morgan fingerprint density at radius 2 is 2.27 bits per heavy atom. The van der Waals surface area contributed by atoms with Crippen molar-refractivity contribution in [3.63, 3.8) is 0 Å². The molecule has 0 unspecified atom stereocenters. The zero-order valence-corrected chi connectivity index (χ0v) is 8.69. The van der Waals surface area contributed by atoms with Gasteiger partial charge in [0.1, 0.15) is 0 Å². The van der Waals surface area contributed by atoms with Crippen LogP contribution in [0.25, 0.3) is 0 Å². The van der Waals surface area contributed by atoms with Crippen LogP contribution in [-0.4, -0.2) is 19.2 Å². The van der Waals surface area contributed by atoms with Crippen LogP contribution in [0, 0.1) is 6.92 Å². The topological polar surface area (TPSA) is 55.6 Å². The first-order valence-electron chi connectivity index (χ1n) is 4.99. The number of cyclic esters (lactones) is 1. The first-order chi connectivity index (χ1) is 7.18.